The first kappa shape index (κ1) is 30.8. The first-order valence-corrected chi connectivity index (χ1v) is 13.7. The summed E-state index contributed by atoms with van der Waals surface area (Å²) in [5, 5.41) is 17.5. The van der Waals surface area contributed by atoms with Gasteiger partial charge in [0.25, 0.3) is 0 Å². The van der Waals surface area contributed by atoms with E-state index in [-0.39, 0.29) is 12.8 Å². The molecule has 4 unspecified atom stereocenters. The molecule has 0 saturated carbocycles. The number of nitrogens with one attached hydrogen (secondary N) is 5. The average Bonchev–Trinajstić information content (AvgIpc) is 3.60. The van der Waals surface area contributed by atoms with Crippen LogP contribution in [0.15, 0.2) is 25.0 Å². The van der Waals surface area contributed by atoms with Gasteiger partial charge in [0, 0.05) is 36.6 Å². The number of rotatable bonds is 18. The highest BCUT2D eigenvalue weighted by Crippen LogP contribution is 2.07. The topological polar surface area (TPSA) is 234 Å². The molecule has 0 aliphatic heterocycles. The number of amides is 3. The zero-order chi connectivity index (χ0) is 27.9. The number of nitrogens with two attached hydrogens (primary N) is 2. The van der Waals surface area contributed by atoms with Gasteiger partial charge in [-0.1, -0.05) is 6.42 Å². The molecular weight excluding hydrogens is 514 g/mol. The number of nitrogens with zero attached hydrogens (tertiary/aromatic N) is 2. The zero-order valence-corrected chi connectivity index (χ0v) is 22.1. The first-order chi connectivity index (χ1) is 18.2. The third-order valence-corrected chi connectivity index (χ3v) is 6.40. The van der Waals surface area contributed by atoms with Crippen molar-refractivity contribution in [1.82, 2.24) is 35.9 Å². The van der Waals surface area contributed by atoms with Crippen molar-refractivity contribution in [2.75, 3.05) is 18.6 Å². The van der Waals surface area contributed by atoms with E-state index in [1.54, 1.807) is 0 Å². The Morgan fingerprint density at radius 2 is 1.45 bits per heavy atom. The number of carbonyl (C=O) groups is 4. The lowest BCUT2D eigenvalue weighted by Gasteiger charge is -2.25. The highest BCUT2D eigenvalue weighted by Gasteiger charge is 2.31. The zero-order valence-electron chi connectivity index (χ0n) is 21.3. The van der Waals surface area contributed by atoms with Crippen LogP contribution in [0, 0.1) is 0 Å². The maximum absolute atomic E-state index is 13.3. The number of thioether (sulfide) groups is 1. The van der Waals surface area contributed by atoms with Crippen molar-refractivity contribution in [1.29, 1.82) is 0 Å². The van der Waals surface area contributed by atoms with Crippen LogP contribution in [0.25, 0.3) is 0 Å². The average molecular weight is 552 g/mol. The highest BCUT2D eigenvalue weighted by atomic mass is 32.2. The summed E-state index contributed by atoms with van der Waals surface area (Å²) in [7, 11) is 0. The molecule has 2 aromatic heterocycles. The van der Waals surface area contributed by atoms with Crippen molar-refractivity contribution < 1.29 is 24.3 Å². The van der Waals surface area contributed by atoms with Crippen molar-refractivity contribution in [3.63, 3.8) is 0 Å². The Morgan fingerprint density at radius 3 is 1.97 bits per heavy atom. The fraction of sp³-hybridized carbons (Fsp3) is 0.565. The summed E-state index contributed by atoms with van der Waals surface area (Å²) in [6, 6.07) is -4.14. The molecule has 0 saturated heterocycles. The van der Waals surface area contributed by atoms with Gasteiger partial charge in [-0.2, -0.15) is 11.8 Å². The van der Waals surface area contributed by atoms with Crippen LogP contribution in [-0.4, -0.2) is 91.5 Å². The Kier molecular flexibility index (Phi) is 13.3. The van der Waals surface area contributed by atoms with Gasteiger partial charge >= 0.3 is 5.97 Å². The van der Waals surface area contributed by atoms with E-state index in [0.717, 1.165) is 6.42 Å². The summed E-state index contributed by atoms with van der Waals surface area (Å²) in [5.74, 6) is -2.42. The second-order valence-electron chi connectivity index (χ2n) is 8.76. The number of H-pyrrole nitrogens is 2. The third-order valence-electron chi connectivity index (χ3n) is 5.75. The van der Waals surface area contributed by atoms with E-state index < -0.39 is 47.9 Å². The number of carboxylic acids is 1. The van der Waals surface area contributed by atoms with E-state index in [1.807, 2.05) is 6.26 Å². The van der Waals surface area contributed by atoms with Crippen LogP contribution >= 0.6 is 11.8 Å². The molecule has 0 radical (unpaired) electrons. The van der Waals surface area contributed by atoms with E-state index in [1.165, 1.54) is 36.8 Å². The largest absolute Gasteiger partial charge is 0.480 e. The molecule has 2 heterocycles. The quantitative estimate of drug-likeness (QED) is 0.102. The van der Waals surface area contributed by atoms with Gasteiger partial charge in [0.1, 0.15) is 18.1 Å². The van der Waals surface area contributed by atoms with Gasteiger partial charge in [-0.3, -0.25) is 14.4 Å². The molecule has 0 aliphatic carbocycles. The first-order valence-electron chi connectivity index (χ1n) is 12.3. The second kappa shape index (κ2) is 16.4. The van der Waals surface area contributed by atoms with Gasteiger partial charge in [-0.15, -0.1) is 0 Å². The summed E-state index contributed by atoms with van der Waals surface area (Å²) in [4.78, 5) is 64.4. The molecule has 0 bridgehead atoms. The Balaban J connectivity index is 2.14. The third kappa shape index (κ3) is 10.5. The SMILES string of the molecule is CSCCC(NC(=O)C(N)CCCCN)C(=O)NC(Cc1cnc[nH]1)C(=O)NC(Cc1cnc[nH]1)C(=O)O. The summed E-state index contributed by atoms with van der Waals surface area (Å²) in [5.41, 5.74) is 12.6. The monoisotopic (exact) mass is 551 g/mol. The minimum atomic E-state index is -1.26. The minimum absolute atomic E-state index is 0.0236. The van der Waals surface area contributed by atoms with E-state index in [0.29, 0.717) is 42.9 Å². The van der Waals surface area contributed by atoms with E-state index >= 15 is 0 Å². The van der Waals surface area contributed by atoms with E-state index in [9.17, 15) is 24.3 Å². The van der Waals surface area contributed by atoms with Crippen LogP contribution < -0.4 is 27.4 Å². The number of aromatic amines is 2. The maximum Gasteiger partial charge on any atom is 0.326 e. The maximum atomic E-state index is 13.3. The Hall–Kier alpha value is -3.43. The number of unbranched alkanes of at least 4 members (excludes halogenated alkanes) is 1. The van der Waals surface area contributed by atoms with Gasteiger partial charge in [-0.25, -0.2) is 14.8 Å². The van der Waals surface area contributed by atoms with Crippen LogP contribution in [0.2, 0.25) is 0 Å². The minimum Gasteiger partial charge on any atom is -0.480 e. The number of hydrogen-bond donors (Lipinski definition) is 8. The van der Waals surface area contributed by atoms with Gasteiger partial charge < -0.3 is 42.5 Å². The summed E-state index contributed by atoms with van der Waals surface area (Å²) in [6.07, 6.45) is 9.82. The van der Waals surface area contributed by atoms with Gasteiger partial charge in [0.2, 0.25) is 17.7 Å². The molecule has 0 spiro atoms. The number of imidazole rings is 2. The summed E-state index contributed by atoms with van der Waals surface area (Å²) < 4.78 is 0. The van der Waals surface area contributed by atoms with Gasteiger partial charge in [-0.05, 0) is 37.8 Å². The number of aromatic nitrogens is 4. The number of carbonyl (C=O) groups excluding carboxylic acids is 3. The molecule has 4 atom stereocenters. The lowest BCUT2D eigenvalue weighted by molar-refractivity contribution is -0.142. The fourth-order valence-electron chi connectivity index (χ4n) is 3.61. The lowest BCUT2D eigenvalue weighted by Crippen LogP contribution is -2.58. The predicted molar refractivity (Wildman–Crippen MR) is 142 cm³/mol. The molecule has 14 nitrogen and oxygen atoms in total. The molecular formula is C23H37N9O5S. The van der Waals surface area contributed by atoms with E-state index in [4.69, 9.17) is 11.5 Å². The normalized spacial score (nSPS) is 14.2. The Bertz CT molecular complexity index is 1000. The molecule has 2 aromatic rings. The Labute approximate surface area is 224 Å². The van der Waals surface area contributed by atoms with Crippen LogP contribution in [0.5, 0.6) is 0 Å². The van der Waals surface area contributed by atoms with Crippen LogP contribution in [0.4, 0.5) is 0 Å². The van der Waals surface area contributed by atoms with Crippen molar-refractivity contribution in [3.05, 3.63) is 36.4 Å². The van der Waals surface area contributed by atoms with Crippen molar-refractivity contribution in [2.24, 2.45) is 11.5 Å². The fourth-order valence-corrected chi connectivity index (χ4v) is 4.08. The van der Waals surface area contributed by atoms with Crippen molar-refractivity contribution in [2.45, 2.75) is 62.7 Å². The molecule has 0 aliphatic rings. The van der Waals surface area contributed by atoms with Crippen molar-refractivity contribution >= 4 is 35.5 Å². The molecule has 210 valence electrons. The summed E-state index contributed by atoms with van der Waals surface area (Å²) >= 11 is 1.50. The number of hydrogen-bond acceptors (Lipinski definition) is 9. The molecule has 2 rings (SSSR count). The molecule has 38 heavy (non-hydrogen) atoms. The van der Waals surface area contributed by atoms with Crippen LogP contribution in [0.1, 0.15) is 37.1 Å². The standard InChI is InChI=1S/C23H37N9O5S/c1-38-7-5-17(30-20(33)16(25)4-2-3-6-24)21(34)31-18(8-14-10-26-12-28-14)22(35)32-19(23(36)37)9-15-11-27-13-29-15/h10-13,16-19H,2-9,24-25H2,1H3,(H,26,28)(H,27,29)(H,30,33)(H,31,34)(H,32,35)(H,36,37). The number of aliphatic carboxylic acids is 1. The molecule has 10 N–H and O–H groups in total. The number of carboxylic acid groups (broad SMARTS) is 1. The molecule has 0 aromatic carbocycles. The van der Waals surface area contributed by atoms with Crippen molar-refractivity contribution in [3.8, 4) is 0 Å². The summed E-state index contributed by atoms with van der Waals surface area (Å²) in [6.45, 7) is 0.498. The van der Waals surface area contributed by atoms with Gasteiger partial charge in [0.15, 0.2) is 0 Å². The van der Waals surface area contributed by atoms with E-state index in [2.05, 4.69) is 35.9 Å². The predicted octanol–water partition coefficient (Wildman–Crippen LogP) is -1.33. The molecule has 3 amide bonds. The molecule has 0 fully saturated rings. The Morgan fingerprint density at radius 1 is 0.895 bits per heavy atom. The van der Waals surface area contributed by atoms with Crippen LogP contribution in [-0.2, 0) is 32.0 Å². The molecule has 15 heteroatoms. The lowest BCUT2D eigenvalue weighted by atomic mass is 10.1. The van der Waals surface area contributed by atoms with Gasteiger partial charge in [0.05, 0.1) is 18.7 Å². The second-order valence-corrected chi connectivity index (χ2v) is 9.74. The highest BCUT2D eigenvalue weighted by molar-refractivity contribution is 7.98. The van der Waals surface area contributed by atoms with Crippen LogP contribution in [0.3, 0.4) is 0 Å². The smallest absolute Gasteiger partial charge is 0.326 e.